The highest BCUT2D eigenvalue weighted by Crippen LogP contribution is 2.29. The molecule has 0 unspecified atom stereocenters. The van der Waals surface area contributed by atoms with E-state index in [9.17, 15) is 0 Å². The molecule has 0 N–H and O–H groups in total. The first kappa shape index (κ1) is 14.0. The molecule has 0 aliphatic heterocycles. The Bertz CT molecular complexity index is 944. The Labute approximate surface area is 137 Å². The lowest BCUT2D eigenvalue weighted by atomic mass is 10.1. The molecule has 0 atom stereocenters. The zero-order valence-corrected chi connectivity index (χ0v) is 13.3. The number of pyridine rings is 1. The van der Waals surface area contributed by atoms with Crippen LogP contribution in [0.2, 0.25) is 0 Å². The van der Waals surface area contributed by atoms with Crippen LogP contribution in [0.15, 0.2) is 59.9 Å². The fraction of sp³-hybridized carbons (Fsp3) is 0.125. The number of aromatic nitrogens is 6. The van der Waals surface area contributed by atoms with E-state index in [1.807, 2.05) is 49.6 Å². The predicted octanol–water partition coefficient (Wildman–Crippen LogP) is 2.82. The van der Waals surface area contributed by atoms with Crippen LogP contribution in [-0.4, -0.2) is 29.6 Å². The zero-order chi connectivity index (χ0) is 15.6. The Morgan fingerprint density at radius 1 is 1.04 bits per heavy atom. The molecule has 0 aliphatic carbocycles. The Morgan fingerprint density at radius 3 is 2.65 bits per heavy atom. The van der Waals surface area contributed by atoms with Crippen LogP contribution in [0.25, 0.3) is 16.9 Å². The minimum atomic E-state index is 0.740. The number of tetrazole rings is 1. The summed E-state index contributed by atoms with van der Waals surface area (Å²) in [5.74, 6) is 0.740. The van der Waals surface area contributed by atoms with Crippen molar-refractivity contribution in [3.8, 4) is 11.3 Å². The third kappa shape index (κ3) is 2.59. The lowest BCUT2D eigenvalue weighted by Gasteiger charge is -2.04. The Kier molecular flexibility index (Phi) is 3.55. The van der Waals surface area contributed by atoms with Gasteiger partial charge in [-0.1, -0.05) is 48.2 Å². The van der Waals surface area contributed by atoms with Crippen LogP contribution in [0.1, 0.15) is 5.69 Å². The largest absolute Gasteiger partial charge is 0.303 e. The standard InChI is InChI=1S/C16H14N6S/c1-21-16(18-19-20-21)23-11-13-15(12-7-3-2-4-8-12)17-14-9-5-6-10-22(13)14/h2-10H,11H2,1H3. The summed E-state index contributed by atoms with van der Waals surface area (Å²) in [4.78, 5) is 4.80. The fourth-order valence-electron chi connectivity index (χ4n) is 2.49. The summed E-state index contributed by atoms with van der Waals surface area (Å²) >= 11 is 1.60. The van der Waals surface area contributed by atoms with E-state index >= 15 is 0 Å². The molecular weight excluding hydrogens is 308 g/mol. The molecule has 4 rings (SSSR count). The second-order valence-electron chi connectivity index (χ2n) is 5.08. The lowest BCUT2D eigenvalue weighted by molar-refractivity contribution is 0.664. The van der Waals surface area contributed by atoms with E-state index in [4.69, 9.17) is 4.98 Å². The van der Waals surface area contributed by atoms with Gasteiger partial charge in [-0.05, 0) is 22.6 Å². The van der Waals surface area contributed by atoms with E-state index in [-0.39, 0.29) is 0 Å². The summed E-state index contributed by atoms with van der Waals surface area (Å²) in [6.45, 7) is 0. The molecule has 0 fully saturated rings. The Hall–Kier alpha value is -2.67. The average molecular weight is 322 g/mol. The van der Waals surface area contributed by atoms with Gasteiger partial charge in [0.15, 0.2) is 0 Å². The van der Waals surface area contributed by atoms with Crippen molar-refractivity contribution in [2.45, 2.75) is 10.9 Å². The van der Waals surface area contributed by atoms with Gasteiger partial charge in [-0.2, -0.15) is 0 Å². The minimum Gasteiger partial charge on any atom is -0.303 e. The SMILES string of the molecule is Cn1nnnc1SCc1c(-c2ccccc2)nc2ccccn12. The summed E-state index contributed by atoms with van der Waals surface area (Å²) in [5, 5.41) is 12.4. The van der Waals surface area contributed by atoms with E-state index in [1.54, 1.807) is 16.4 Å². The van der Waals surface area contributed by atoms with Gasteiger partial charge in [0.05, 0.1) is 11.4 Å². The number of nitrogens with zero attached hydrogens (tertiary/aromatic N) is 6. The average Bonchev–Trinajstić information content (AvgIpc) is 3.17. The molecule has 0 amide bonds. The number of benzene rings is 1. The van der Waals surface area contributed by atoms with Gasteiger partial charge in [-0.25, -0.2) is 9.67 Å². The number of imidazole rings is 1. The summed E-state index contributed by atoms with van der Waals surface area (Å²) in [7, 11) is 1.84. The molecule has 7 heteroatoms. The highest BCUT2D eigenvalue weighted by molar-refractivity contribution is 7.98. The summed E-state index contributed by atoms with van der Waals surface area (Å²) in [6, 6.07) is 16.3. The summed E-state index contributed by atoms with van der Waals surface area (Å²) in [5.41, 5.74) is 4.19. The third-order valence-corrected chi connectivity index (χ3v) is 4.62. The van der Waals surface area contributed by atoms with E-state index in [2.05, 4.69) is 32.1 Å². The van der Waals surface area contributed by atoms with Gasteiger partial charge in [0.25, 0.3) is 0 Å². The van der Waals surface area contributed by atoms with Crippen LogP contribution in [-0.2, 0) is 12.8 Å². The van der Waals surface area contributed by atoms with Gasteiger partial charge in [0.1, 0.15) is 5.65 Å². The van der Waals surface area contributed by atoms with Gasteiger partial charge in [0.2, 0.25) is 5.16 Å². The van der Waals surface area contributed by atoms with Crippen LogP contribution >= 0.6 is 11.8 Å². The number of thioether (sulfide) groups is 1. The van der Waals surface area contributed by atoms with Crippen molar-refractivity contribution in [1.82, 2.24) is 29.6 Å². The zero-order valence-electron chi connectivity index (χ0n) is 12.5. The predicted molar refractivity (Wildman–Crippen MR) is 89.0 cm³/mol. The molecule has 0 radical (unpaired) electrons. The second-order valence-corrected chi connectivity index (χ2v) is 6.02. The third-order valence-electron chi connectivity index (χ3n) is 3.60. The van der Waals surface area contributed by atoms with Crippen LogP contribution in [0.5, 0.6) is 0 Å². The van der Waals surface area contributed by atoms with Crippen molar-refractivity contribution in [3.05, 3.63) is 60.4 Å². The van der Waals surface area contributed by atoms with Gasteiger partial charge in [-0.3, -0.25) is 0 Å². The van der Waals surface area contributed by atoms with E-state index in [0.29, 0.717) is 0 Å². The van der Waals surface area contributed by atoms with Crippen molar-refractivity contribution in [2.24, 2.45) is 7.05 Å². The van der Waals surface area contributed by atoms with Gasteiger partial charge in [0, 0.05) is 24.6 Å². The van der Waals surface area contributed by atoms with Crippen LogP contribution in [0.3, 0.4) is 0 Å². The minimum absolute atomic E-state index is 0.740. The molecule has 1 aromatic carbocycles. The molecule has 0 bridgehead atoms. The molecule has 114 valence electrons. The Balaban J connectivity index is 1.78. The number of hydrogen-bond acceptors (Lipinski definition) is 5. The first-order valence-corrected chi connectivity index (χ1v) is 8.18. The second kappa shape index (κ2) is 5.85. The fourth-order valence-corrected chi connectivity index (χ4v) is 3.35. The van der Waals surface area contributed by atoms with Crippen molar-refractivity contribution < 1.29 is 0 Å². The topological polar surface area (TPSA) is 60.9 Å². The maximum atomic E-state index is 4.80. The van der Waals surface area contributed by atoms with Crippen molar-refractivity contribution >= 4 is 17.4 Å². The van der Waals surface area contributed by atoms with Gasteiger partial charge < -0.3 is 4.40 Å². The molecule has 6 nitrogen and oxygen atoms in total. The molecular formula is C16H14N6S. The number of aryl methyl sites for hydroxylation is 1. The normalized spacial score (nSPS) is 11.2. The molecule has 0 saturated carbocycles. The van der Waals surface area contributed by atoms with Gasteiger partial charge in [-0.15, -0.1) is 5.10 Å². The number of hydrogen-bond donors (Lipinski definition) is 0. The molecule has 23 heavy (non-hydrogen) atoms. The Morgan fingerprint density at radius 2 is 1.87 bits per heavy atom. The number of fused-ring (bicyclic) bond motifs is 1. The van der Waals surface area contributed by atoms with Crippen molar-refractivity contribution in [1.29, 1.82) is 0 Å². The highest BCUT2D eigenvalue weighted by atomic mass is 32.2. The molecule has 3 aromatic heterocycles. The van der Waals surface area contributed by atoms with Crippen molar-refractivity contribution in [3.63, 3.8) is 0 Å². The monoisotopic (exact) mass is 322 g/mol. The highest BCUT2D eigenvalue weighted by Gasteiger charge is 2.15. The molecule has 0 spiro atoms. The van der Waals surface area contributed by atoms with E-state index in [0.717, 1.165) is 33.5 Å². The molecule has 0 saturated heterocycles. The molecule has 4 aromatic rings. The summed E-state index contributed by atoms with van der Waals surface area (Å²) < 4.78 is 3.80. The smallest absolute Gasteiger partial charge is 0.209 e. The quantitative estimate of drug-likeness (QED) is 0.541. The lowest BCUT2D eigenvalue weighted by Crippen LogP contribution is -1.96. The maximum Gasteiger partial charge on any atom is 0.209 e. The van der Waals surface area contributed by atoms with Crippen LogP contribution in [0, 0.1) is 0 Å². The van der Waals surface area contributed by atoms with Crippen molar-refractivity contribution in [2.75, 3.05) is 0 Å². The van der Waals surface area contributed by atoms with E-state index < -0.39 is 0 Å². The summed E-state index contributed by atoms with van der Waals surface area (Å²) in [6.07, 6.45) is 2.04. The maximum absolute atomic E-state index is 4.80. The van der Waals surface area contributed by atoms with Crippen LogP contribution < -0.4 is 0 Å². The molecule has 3 heterocycles. The first-order chi connectivity index (χ1) is 11.3. The van der Waals surface area contributed by atoms with E-state index in [1.165, 1.54) is 0 Å². The van der Waals surface area contributed by atoms with Crippen LogP contribution in [0.4, 0.5) is 0 Å². The van der Waals surface area contributed by atoms with Gasteiger partial charge >= 0.3 is 0 Å². The molecule has 0 aliphatic rings. The first-order valence-electron chi connectivity index (χ1n) is 7.19. The number of rotatable bonds is 4.